The molecule has 0 aliphatic heterocycles. The lowest BCUT2D eigenvalue weighted by atomic mass is 10.1. The molecule has 60 valence electrons. The lowest BCUT2D eigenvalue weighted by Gasteiger charge is -2.13. The number of hydrogen-bond acceptors (Lipinski definition) is 3. The fraction of sp³-hybridized carbons (Fsp3) is 0.833. The average Bonchev–Trinajstić information content (AvgIpc) is 1.98. The molecular weight excluding hydrogens is 137 g/mol. The van der Waals surface area contributed by atoms with E-state index in [2.05, 4.69) is 0 Å². The summed E-state index contributed by atoms with van der Waals surface area (Å²) in [7, 11) is 0. The summed E-state index contributed by atoms with van der Waals surface area (Å²) >= 11 is 0. The van der Waals surface area contributed by atoms with Crippen molar-refractivity contribution in [2.45, 2.75) is 25.0 Å². The number of hydrogen-bond donors (Lipinski definition) is 2. The third-order valence-electron chi connectivity index (χ3n) is 1.27. The second kappa shape index (κ2) is 5.32. The average molecular weight is 149 g/mol. The molecule has 0 aromatic carbocycles. The van der Waals surface area contributed by atoms with E-state index in [1.54, 1.807) is 0 Å². The molecular formula is C6H12FNO2. The van der Waals surface area contributed by atoms with Crippen molar-refractivity contribution in [3.63, 3.8) is 0 Å². The minimum absolute atomic E-state index is 0.276. The van der Waals surface area contributed by atoms with E-state index in [1.807, 2.05) is 0 Å². The highest BCUT2D eigenvalue weighted by Gasteiger charge is 2.12. The van der Waals surface area contributed by atoms with E-state index in [0.29, 0.717) is 12.7 Å². The predicted octanol–water partition coefficient (Wildman–Crippen LogP) is -0.377. The first-order valence-electron chi connectivity index (χ1n) is 3.15. The first-order chi connectivity index (χ1) is 4.72. The SMILES string of the molecule is NC(CCC=O)C(O)CF. The van der Waals surface area contributed by atoms with Crippen molar-refractivity contribution in [3.05, 3.63) is 0 Å². The Balaban J connectivity index is 3.40. The maximum absolute atomic E-state index is 11.6. The van der Waals surface area contributed by atoms with Gasteiger partial charge in [0.05, 0.1) is 6.10 Å². The van der Waals surface area contributed by atoms with Gasteiger partial charge in [0.15, 0.2) is 0 Å². The molecule has 3 N–H and O–H groups in total. The zero-order chi connectivity index (χ0) is 7.98. The van der Waals surface area contributed by atoms with Crippen LogP contribution in [0.3, 0.4) is 0 Å². The fourth-order valence-corrected chi connectivity index (χ4v) is 0.567. The Morgan fingerprint density at radius 1 is 1.70 bits per heavy atom. The van der Waals surface area contributed by atoms with Gasteiger partial charge in [-0.2, -0.15) is 0 Å². The second-order valence-electron chi connectivity index (χ2n) is 2.13. The first-order valence-corrected chi connectivity index (χ1v) is 3.15. The van der Waals surface area contributed by atoms with Crippen LogP contribution in [-0.2, 0) is 4.79 Å². The Morgan fingerprint density at radius 3 is 2.70 bits per heavy atom. The van der Waals surface area contributed by atoms with Gasteiger partial charge in [-0.3, -0.25) is 0 Å². The number of rotatable bonds is 5. The molecule has 2 unspecified atom stereocenters. The van der Waals surface area contributed by atoms with Crippen LogP contribution in [-0.4, -0.2) is 30.2 Å². The van der Waals surface area contributed by atoms with Gasteiger partial charge >= 0.3 is 0 Å². The quantitative estimate of drug-likeness (QED) is 0.524. The van der Waals surface area contributed by atoms with Crippen molar-refractivity contribution < 1.29 is 14.3 Å². The standard InChI is InChI=1S/C6H12FNO2/c7-4-6(10)5(8)2-1-3-9/h3,5-6,10H,1-2,4,8H2. The maximum atomic E-state index is 11.6. The van der Waals surface area contributed by atoms with E-state index in [-0.39, 0.29) is 6.42 Å². The van der Waals surface area contributed by atoms with Crippen molar-refractivity contribution in [1.82, 2.24) is 0 Å². The number of carbonyl (C=O) groups is 1. The van der Waals surface area contributed by atoms with Gasteiger partial charge < -0.3 is 15.6 Å². The van der Waals surface area contributed by atoms with Crippen LogP contribution in [0.4, 0.5) is 4.39 Å². The van der Waals surface area contributed by atoms with E-state index >= 15 is 0 Å². The lowest BCUT2D eigenvalue weighted by molar-refractivity contribution is -0.108. The highest BCUT2D eigenvalue weighted by atomic mass is 19.1. The van der Waals surface area contributed by atoms with Crippen molar-refractivity contribution in [3.8, 4) is 0 Å². The van der Waals surface area contributed by atoms with Gasteiger partial charge in [-0.15, -0.1) is 0 Å². The van der Waals surface area contributed by atoms with Crippen LogP contribution in [0.5, 0.6) is 0 Å². The Hall–Kier alpha value is -0.480. The molecule has 0 spiro atoms. The van der Waals surface area contributed by atoms with E-state index in [4.69, 9.17) is 10.8 Å². The molecule has 0 saturated carbocycles. The molecule has 10 heavy (non-hydrogen) atoms. The Bertz CT molecular complexity index is 99.7. The Labute approximate surface area is 59.0 Å². The third kappa shape index (κ3) is 3.53. The Kier molecular flexibility index (Phi) is 5.06. The number of nitrogens with two attached hydrogens (primary N) is 1. The first kappa shape index (κ1) is 9.52. The van der Waals surface area contributed by atoms with Gasteiger partial charge in [-0.05, 0) is 6.42 Å². The van der Waals surface area contributed by atoms with Crippen LogP contribution < -0.4 is 5.73 Å². The maximum Gasteiger partial charge on any atom is 0.120 e. The van der Waals surface area contributed by atoms with Gasteiger partial charge in [-0.25, -0.2) is 4.39 Å². The summed E-state index contributed by atoms with van der Waals surface area (Å²) in [4.78, 5) is 9.79. The molecule has 0 aromatic rings. The lowest BCUT2D eigenvalue weighted by Crippen LogP contribution is -2.36. The van der Waals surface area contributed by atoms with Crippen LogP contribution in [0.15, 0.2) is 0 Å². The molecule has 3 nitrogen and oxygen atoms in total. The number of aliphatic hydroxyl groups is 1. The molecule has 2 atom stereocenters. The molecule has 0 aromatic heterocycles. The van der Waals surface area contributed by atoms with E-state index in [9.17, 15) is 9.18 Å². The van der Waals surface area contributed by atoms with Crippen LogP contribution in [0.2, 0.25) is 0 Å². The van der Waals surface area contributed by atoms with Gasteiger partial charge in [0.1, 0.15) is 13.0 Å². The van der Waals surface area contributed by atoms with Gasteiger partial charge in [-0.1, -0.05) is 0 Å². The summed E-state index contributed by atoms with van der Waals surface area (Å²) in [6.45, 7) is -0.847. The number of alkyl halides is 1. The zero-order valence-corrected chi connectivity index (χ0v) is 5.66. The van der Waals surface area contributed by atoms with Crippen LogP contribution >= 0.6 is 0 Å². The van der Waals surface area contributed by atoms with E-state index in [1.165, 1.54) is 0 Å². The molecule has 0 aliphatic carbocycles. The van der Waals surface area contributed by atoms with Crippen molar-refractivity contribution >= 4 is 6.29 Å². The number of halogens is 1. The largest absolute Gasteiger partial charge is 0.389 e. The summed E-state index contributed by atoms with van der Waals surface area (Å²) in [6, 6.07) is -0.616. The molecule has 0 heterocycles. The van der Waals surface area contributed by atoms with Crippen molar-refractivity contribution in [2.24, 2.45) is 5.73 Å². The summed E-state index contributed by atoms with van der Waals surface area (Å²) in [5.41, 5.74) is 5.26. The normalized spacial score (nSPS) is 16.3. The minimum Gasteiger partial charge on any atom is -0.389 e. The monoisotopic (exact) mass is 149 g/mol. The molecule has 4 heteroatoms. The minimum atomic E-state index is -1.13. The summed E-state index contributed by atoms with van der Waals surface area (Å²) < 4.78 is 11.6. The number of aliphatic hydroxyl groups excluding tert-OH is 1. The highest BCUT2D eigenvalue weighted by molar-refractivity contribution is 5.49. The van der Waals surface area contributed by atoms with Gasteiger partial charge in [0, 0.05) is 12.5 Å². The van der Waals surface area contributed by atoms with E-state index in [0.717, 1.165) is 0 Å². The third-order valence-corrected chi connectivity index (χ3v) is 1.27. The zero-order valence-electron chi connectivity index (χ0n) is 5.66. The van der Waals surface area contributed by atoms with Crippen LogP contribution in [0.25, 0.3) is 0 Å². The molecule has 0 radical (unpaired) electrons. The topological polar surface area (TPSA) is 63.3 Å². The predicted molar refractivity (Wildman–Crippen MR) is 35.3 cm³/mol. The van der Waals surface area contributed by atoms with Crippen LogP contribution in [0.1, 0.15) is 12.8 Å². The number of aldehydes is 1. The van der Waals surface area contributed by atoms with Crippen LogP contribution in [0, 0.1) is 0 Å². The molecule has 0 amide bonds. The molecule has 0 saturated heterocycles. The number of carbonyl (C=O) groups excluding carboxylic acids is 1. The van der Waals surface area contributed by atoms with Crippen molar-refractivity contribution in [2.75, 3.05) is 6.67 Å². The van der Waals surface area contributed by atoms with Gasteiger partial charge in [0.25, 0.3) is 0 Å². The summed E-state index contributed by atoms with van der Waals surface area (Å²) in [5.74, 6) is 0. The smallest absolute Gasteiger partial charge is 0.120 e. The second-order valence-corrected chi connectivity index (χ2v) is 2.13. The fourth-order valence-electron chi connectivity index (χ4n) is 0.567. The summed E-state index contributed by atoms with van der Waals surface area (Å²) in [5, 5.41) is 8.74. The molecule has 0 bridgehead atoms. The van der Waals surface area contributed by atoms with Crippen molar-refractivity contribution in [1.29, 1.82) is 0 Å². The Morgan fingerprint density at radius 2 is 2.30 bits per heavy atom. The molecule has 0 aliphatic rings. The molecule has 0 rings (SSSR count). The van der Waals surface area contributed by atoms with E-state index < -0.39 is 18.8 Å². The highest BCUT2D eigenvalue weighted by Crippen LogP contribution is 1.98. The van der Waals surface area contributed by atoms with Gasteiger partial charge in [0.2, 0.25) is 0 Å². The summed E-state index contributed by atoms with van der Waals surface area (Å²) in [6.07, 6.45) is 0.192. The molecule has 0 fully saturated rings.